The molecule has 2 aromatic heterocycles. The number of aliphatic hydroxyl groups is 3. The molecule has 1 fully saturated rings. The summed E-state index contributed by atoms with van der Waals surface area (Å²) in [6.07, 6.45) is -1.29. The summed E-state index contributed by atoms with van der Waals surface area (Å²) in [5, 5.41) is 28.7. The van der Waals surface area contributed by atoms with E-state index in [0.29, 0.717) is 11.1 Å². The van der Waals surface area contributed by atoms with Gasteiger partial charge < -0.3 is 30.0 Å². The molecule has 1 aliphatic heterocycles. The number of fused-ring (bicyclic) bond motifs is 1. The van der Waals surface area contributed by atoms with Crippen molar-refractivity contribution in [3.63, 3.8) is 0 Å². The van der Waals surface area contributed by atoms with Crippen LogP contribution in [0.5, 0.6) is 0 Å². The molecule has 3 heterocycles. The van der Waals surface area contributed by atoms with E-state index < -0.39 is 31.0 Å². The first-order valence-electron chi connectivity index (χ1n) is 5.80. The standard InChI is InChI=1S/C11H13N3O5/c15-2-5-8(16)9(17)10(19-5)4-1-12-7-6(4)13-3-14-11(7)18/h1,3,5,8-10,12,15-17H,2H2,(H,13,14,18)/t5-,8?,9?,10?/m1/s1. The fraction of sp³-hybridized carbons (Fsp3) is 0.455. The van der Waals surface area contributed by atoms with E-state index in [1.807, 2.05) is 0 Å². The molecule has 102 valence electrons. The number of aromatic amines is 2. The van der Waals surface area contributed by atoms with Crippen LogP contribution in [0, 0.1) is 0 Å². The van der Waals surface area contributed by atoms with Crippen LogP contribution in [-0.2, 0) is 4.74 Å². The van der Waals surface area contributed by atoms with Gasteiger partial charge in [0.15, 0.2) is 0 Å². The minimum absolute atomic E-state index is 0.273. The second-order valence-electron chi connectivity index (χ2n) is 4.46. The first-order chi connectivity index (χ1) is 9.13. The molecule has 0 bridgehead atoms. The normalized spacial score (nSPS) is 31.1. The molecule has 0 aromatic carbocycles. The minimum Gasteiger partial charge on any atom is -0.394 e. The van der Waals surface area contributed by atoms with Gasteiger partial charge in [-0.1, -0.05) is 0 Å². The Hall–Kier alpha value is -1.74. The SMILES string of the molecule is O=c1[nH]cnc2c(C3O[C@H](CO)C(O)C3O)c[nH]c12. The number of aliphatic hydroxyl groups excluding tert-OH is 3. The van der Waals surface area contributed by atoms with Gasteiger partial charge in [0.2, 0.25) is 0 Å². The summed E-state index contributed by atoms with van der Waals surface area (Å²) in [7, 11) is 0. The lowest BCUT2D eigenvalue weighted by atomic mass is 10.0. The largest absolute Gasteiger partial charge is 0.394 e. The van der Waals surface area contributed by atoms with Crippen LogP contribution in [0.25, 0.3) is 11.0 Å². The number of hydrogen-bond donors (Lipinski definition) is 5. The molecule has 2 aromatic rings. The number of nitrogens with one attached hydrogen (secondary N) is 2. The lowest BCUT2D eigenvalue weighted by molar-refractivity contribution is -0.0224. The van der Waals surface area contributed by atoms with Crippen LogP contribution in [0.15, 0.2) is 17.3 Å². The molecule has 0 aliphatic carbocycles. The highest BCUT2D eigenvalue weighted by Gasteiger charge is 2.44. The van der Waals surface area contributed by atoms with E-state index in [2.05, 4.69) is 15.0 Å². The van der Waals surface area contributed by atoms with Crippen LogP contribution < -0.4 is 5.56 Å². The van der Waals surface area contributed by atoms with Crippen molar-refractivity contribution in [3.8, 4) is 0 Å². The molecular formula is C11H13N3O5. The van der Waals surface area contributed by atoms with Gasteiger partial charge in [0.05, 0.1) is 12.9 Å². The number of hydrogen-bond acceptors (Lipinski definition) is 6. The fourth-order valence-corrected chi connectivity index (χ4v) is 2.34. The second kappa shape index (κ2) is 4.42. The lowest BCUT2D eigenvalue weighted by Crippen LogP contribution is -2.32. The molecular weight excluding hydrogens is 254 g/mol. The molecule has 0 radical (unpaired) electrons. The van der Waals surface area contributed by atoms with Gasteiger partial charge in [-0.2, -0.15) is 0 Å². The Balaban J connectivity index is 2.06. The number of aromatic nitrogens is 3. The third-order valence-electron chi connectivity index (χ3n) is 3.35. The predicted molar refractivity (Wildman–Crippen MR) is 63.4 cm³/mol. The molecule has 8 heteroatoms. The highest BCUT2D eigenvalue weighted by molar-refractivity contribution is 5.78. The van der Waals surface area contributed by atoms with Gasteiger partial charge in [-0.05, 0) is 0 Å². The van der Waals surface area contributed by atoms with Crippen molar-refractivity contribution < 1.29 is 20.1 Å². The molecule has 1 aliphatic rings. The molecule has 19 heavy (non-hydrogen) atoms. The highest BCUT2D eigenvalue weighted by Crippen LogP contribution is 2.35. The molecule has 0 spiro atoms. The summed E-state index contributed by atoms with van der Waals surface area (Å²) < 4.78 is 5.41. The Morgan fingerprint density at radius 2 is 2.11 bits per heavy atom. The summed E-state index contributed by atoms with van der Waals surface area (Å²) in [4.78, 5) is 20.8. The minimum atomic E-state index is -1.18. The number of rotatable bonds is 2. The van der Waals surface area contributed by atoms with Crippen molar-refractivity contribution in [3.05, 3.63) is 28.4 Å². The molecule has 8 nitrogen and oxygen atoms in total. The molecule has 3 rings (SSSR count). The van der Waals surface area contributed by atoms with Gasteiger partial charge in [-0.15, -0.1) is 0 Å². The molecule has 1 saturated heterocycles. The van der Waals surface area contributed by atoms with E-state index in [0.717, 1.165) is 0 Å². The zero-order chi connectivity index (χ0) is 13.6. The van der Waals surface area contributed by atoms with E-state index in [-0.39, 0.29) is 11.1 Å². The lowest BCUT2D eigenvalue weighted by Gasteiger charge is -2.13. The first-order valence-corrected chi connectivity index (χ1v) is 5.80. The van der Waals surface area contributed by atoms with Crippen molar-refractivity contribution >= 4 is 11.0 Å². The van der Waals surface area contributed by atoms with Gasteiger partial charge in [0, 0.05) is 11.8 Å². The van der Waals surface area contributed by atoms with E-state index in [9.17, 15) is 15.0 Å². The van der Waals surface area contributed by atoms with Crippen LogP contribution in [0.4, 0.5) is 0 Å². The van der Waals surface area contributed by atoms with Gasteiger partial charge in [0.25, 0.3) is 5.56 Å². The Morgan fingerprint density at radius 1 is 1.32 bits per heavy atom. The number of ether oxygens (including phenoxy) is 1. The van der Waals surface area contributed by atoms with Gasteiger partial charge >= 0.3 is 0 Å². The predicted octanol–water partition coefficient (Wildman–Crippen LogP) is -1.59. The van der Waals surface area contributed by atoms with Crippen molar-refractivity contribution in [2.45, 2.75) is 24.4 Å². The smallest absolute Gasteiger partial charge is 0.275 e. The Bertz CT molecular complexity index is 651. The Labute approximate surface area is 106 Å². The topological polar surface area (TPSA) is 131 Å². The van der Waals surface area contributed by atoms with Gasteiger partial charge in [-0.3, -0.25) is 4.79 Å². The second-order valence-corrected chi connectivity index (χ2v) is 4.46. The van der Waals surface area contributed by atoms with Crippen LogP contribution in [0.3, 0.4) is 0 Å². The van der Waals surface area contributed by atoms with E-state index in [1.165, 1.54) is 12.5 Å². The molecule has 5 N–H and O–H groups in total. The summed E-state index contributed by atoms with van der Waals surface area (Å²) in [5.41, 5.74) is 0.792. The molecule has 0 amide bonds. The summed E-state index contributed by atoms with van der Waals surface area (Å²) >= 11 is 0. The van der Waals surface area contributed by atoms with Crippen molar-refractivity contribution in [2.75, 3.05) is 6.61 Å². The van der Waals surface area contributed by atoms with Gasteiger partial charge in [-0.25, -0.2) is 4.98 Å². The van der Waals surface area contributed by atoms with Crippen LogP contribution in [0.1, 0.15) is 11.7 Å². The number of H-pyrrole nitrogens is 2. The van der Waals surface area contributed by atoms with Crippen LogP contribution in [0.2, 0.25) is 0 Å². The maximum atomic E-state index is 11.6. The third kappa shape index (κ3) is 1.77. The van der Waals surface area contributed by atoms with Gasteiger partial charge in [0.1, 0.15) is 35.4 Å². The van der Waals surface area contributed by atoms with E-state index in [4.69, 9.17) is 9.84 Å². The molecule has 0 saturated carbocycles. The molecule has 4 atom stereocenters. The van der Waals surface area contributed by atoms with Crippen molar-refractivity contribution in [1.29, 1.82) is 0 Å². The van der Waals surface area contributed by atoms with Crippen LogP contribution >= 0.6 is 0 Å². The Morgan fingerprint density at radius 3 is 2.79 bits per heavy atom. The Kier molecular flexibility index (Phi) is 2.86. The van der Waals surface area contributed by atoms with Crippen molar-refractivity contribution in [1.82, 2.24) is 15.0 Å². The average molecular weight is 267 g/mol. The summed E-state index contributed by atoms with van der Waals surface area (Å²) in [5.74, 6) is 0. The quantitative estimate of drug-likeness (QED) is 0.445. The third-order valence-corrected chi connectivity index (χ3v) is 3.35. The zero-order valence-corrected chi connectivity index (χ0v) is 9.78. The van der Waals surface area contributed by atoms with Crippen molar-refractivity contribution in [2.24, 2.45) is 0 Å². The summed E-state index contributed by atoms with van der Waals surface area (Å²) in [6, 6.07) is 0. The first kappa shape index (κ1) is 12.3. The maximum absolute atomic E-state index is 11.6. The zero-order valence-electron chi connectivity index (χ0n) is 9.78. The number of nitrogens with zero attached hydrogens (tertiary/aromatic N) is 1. The van der Waals surface area contributed by atoms with E-state index >= 15 is 0 Å². The summed E-state index contributed by atoms with van der Waals surface area (Å²) in [6.45, 7) is -0.398. The maximum Gasteiger partial charge on any atom is 0.275 e. The average Bonchev–Trinajstić information content (AvgIpc) is 2.94. The highest BCUT2D eigenvalue weighted by atomic mass is 16.6. The monoisotopic (exact) mass is 267 g/mol. The molecule has 3 unspecified atom stereocenters. The van der Waals surface area contributed by atoms with E-state index in [1.54, 1.807) is 0 Å². The fourth-order valence-electron chi connectivity index (χ4n) is 2.34. The van der Waals surface area contributed by atoms with Crippen LogP contribution in [-0.4, -0.2) is 55.2 Å².